The van der Waals surface area contributed by atoms with Crippen LogP contribution in [0.25, 0.3) is 0 Å². The van der Waals surface area contributed by atoms with Crippen molar-refractivity contribution < 1.29 is 0 Å². The average Bonchev–Trinajstić information content (AvgIpc) is 2.40. The van der Waals surface area contributed by atoms with Crippen LogP contribution in [-0.2, 0) is 0 Å². The molecule has 0 aliphatic carbocycles. The second-order valence-electron chi connectivity index (χ2n) is 5.78. The van der Waals surface area contributed by atoms with E-state index in [1.54, 1.807) is 0 Å². The molecule has 0 saturated carbocycles. The zero-order valence-corrected chi connectivity index (χ0v) is 13.5. The summed E-state index contributed by atoms with van der Waals surface area (Å²) in [7, 11) is 2.17. The lowest BCUT2D eigenvalue weighted by molar-refractivity contribution is 0.270. The van der Waals surface area contributed by atoms with Crippen LogP contribution in [0.1, 0.15) is 59.8 Å². The first kappa shape index (κ1) is 17.9. The van der Waals surface area contributed by atoms with E-state index in [-0.39, 0.29) is 0 Å². The molecule has 2 heteroatoms. The lowest BCUT2D eigenvalue weighted by Crippen LogP contribution is -2.30. The minimum Gasteiger partial charge on any atom is -0.317 e. The lowest BCUT2D eigenvalue weighted by Gasteiger charge is -2.27. The first-order valence-corrected chi connectivity index (χ1v) is 8.04. The third kappa shape index (κ3) is 8.93. The van der Waals surface area contributed by atoms with E-state index in [0.717, 1.165) is 11.8 Å². The molecule has 1 fully saturated rings. The highest BCUT2D eigenvalue weighted by atomic mass is 15.1. The van der Waals surface area contributed by atoms with Crippen molar-refractivity contribution in [2.75, 3.05) is 33.2 Å². The zero-order chi connectivity index (χ0) is 13.8. The SMILES string of the molecule is CCC(C)C1CCNCC1.CCCN(C)CCC. The van der Waals surface area contributed by atoms with Gasteiger partial charge in [0.1, 0.15) is 0 Å². The van der Waals surface area contributed by atoms with Gasteiger partial charge in [-0.25, -0.2) is 0 Å². The lowest BCUT2D eigenvalue weighted by atomic mass is 9.85. The molecule has 0 aromatic heterocycles. The average molecular weight is 256 g/mol. The van der Waals surface area contributed by atoms with Gasteiger partial charge in [-0.2, -0.15) is 0 Å². The molecule has 110 valence electrons. The van der Waals surface area contributed by atoms with Crippen LogP contribution in [0.15, 0.2) is 0 Å². The Bertz CT molecular complexity index is 158. The largest absolute Gasteiger partial charge is 0.317 e. The molecule has 0 radical (unpaired) electrons. The predicted octanol–water partition coefficient (Wildman–Crippen LogP) is 3.77. The van der Waals surface area contributed by atoms with Gasteiger partial charge < -0.3 is 10.2 Å². The molecular formula is C16H36N2. The Hall–Kier alpha value is -0.0800. The zero-order valence-electron chi connectivity index (χ0n) is 13.5. The Morgan fingerprint density at radius 2 is 1.56 bits per heavy atom. The maximum atomic E-state index is 3.39. The highest BCUT2D eigenvalue weighted by molar-refractivity contribution is 4.72. The van der Waals surface area contributed by atoms with Crippen molar-refractivity contribution in [2.24, 2.45) is 11.8 Å². The third-order valence-electron chi connectivity index (χ3n) is 4.04. The fourth-order valence-electron chi connectivity index (χ4n) is 2.62. The Labute approximate surface area is 116 Å². The van der Waals surface area contributed by atoms with Gasteiger partial charge in [0.05, 0.1) is 0 Å². The Balaban J connectivity index is 0.000000331. The van der Waals surface area contributed by atoms with Gasteiger partial charge in [-0.05, 0) is 70.7 Å². The molecule has 18 heavy (non-hydrogen) atoms. The molecule has 0 spiro atoms. The molecule has 1 rings (SSSR count). The van der Waals surface area contributed by atoms with Gasteiger partial charge in [0.25, 0.3) is 0 Å². The van der Waals surface area contributed by atoms with Crippen molar-refractivity contribution in [3.63, 3.8) is 0 Å². The first-order chi connectivity index (χ1) is 8.65. The van der Waals surface area contributed by atoms with Gasteiger partial charge >= 0.3 is 0 Å². The fourth-order valence-corrected chi connectivity index (χ4v) is 2.62. The Kier molecular flexibility index (Phi) is 11.9. The van der Waals surface area contributed by atoms with Crippen LogP contribution in [0.3, 0.4) is 0 Å². The van der Waals surface area contributed by atoms with Gasteiger partial charge in [-0.15, -0.1) is 0 Å². The minimum absolute atomic E-state index is 0.946. The van der Waals surface area contributed by atoms with Crippen molar-refractivity contribution in [3.05, 3.63) is 0 Å². The van der Waals surface area contributed by atoms with E-state index in [1.165, 1.54) is 58.3 Å². The molecule has 1 unspecified atom stereocenters. The highest BCUT2D eigenvalue weighted by Crippen LogP contribution is 2.23. The molecule has 0 bridgehead atoms. The second-order valence-corrected chi connectivity index (χ2v) is 5.78. The van der Waals surface area contributed by atoms with Crippen LogP contribution in [0.4, 0.5) is 0 Å². The smallest absolute Gasteiger partial charge is 0.00244 e. The molecule has 0 amide bonds. The van der Waals surface area contributed by atoms with Crippen LogP contribution in [0.2, 0.25) is 0 Å². The summed E-state index contributed by atoms with van der Waals surface area (Å²) in [5, 5.41) is 3.39. The van der Waals surface area contributed by atoms with Crippen molar-refractivity contribution in [1.82, 2.24) is 10.2 Å². The summed E-state index contributed by atoms with van der Waals surface area (Å²) in [6, 6.07) is 0. The summed E-state index contributed by atoms with van der Waals surface area (Å²) in [4.78, 5) is 2.36. The molecule has 2 nitrogen and oxygen atoms in total. The summed E-state index contributed by atoms with van der Waals surface area (Å²) in [5.41, 5.74) is 0. The first-order valence-electron chi connectivity index (χ1n) is 8.04. The molecule has 1 N–H and O–H groups in total. The molecule has 0 aromatic rings. The summed E-state index contributed by atoms with van der Waals surface area (Å²) < 4.78 is 0. The topological polar surface area (TPSA) is 15.3 Å². The van der Waals surface area contributed by atoms with E-state index >= 15 is 0 Å². The van der Waals surface area contributed by atoms with Crippen LogP contribution in [0.5, 0.6) is 0 Å². The molecule has 1 saturated heterocycles. The fraction of sp³-hybridized carbons (Fsp3) is 1.00. The van der Waals surface area contributed by atoms with Crippen molar-refractivity contribution in [3.8, 4) is 0 Å². The Morgan fingerprint density at radius 1 is 1.06 bits per heavy atom. The molecule has 0 aromatic carbocycles. The maximum Gasteiger partial charge on any atom is -0.00244 e. The number of piperidine rings is 1. The van der Waals surface area contributed by atoms with E-state index in [0.29, 0.717) is 0 Å². The standard InChI is InChI=1S/C9H19N.C7H17N/c1-3-8(2)9-4-6-10-7-5-9;1-4-6-8(3)7-5-2/h8-10H,3-7H2,1-2H3;4-7H2,1-3H3. The normalized spacial score (nSPS) is 18.3. The van der Waals surface area contributed by atoms with Crippen LogP contribution in [-0.4, -0.2) is 38.1 Å². The Morgan fingerprint density at radius 3 is 1.94 bits per heavy atom. The van der Waals surface area contributed by atoms with Crippen LogP contribution < -0.4 is 5.32 Å². The highest BCUT2D eigenvalue weighted by Gasteiger charge is 2.17. The van der Waals surface area contributed by atoms with Crippen molar-refractivity contribution in [1.29, 1.82) is 0 Å². The number of rotatable bonds is 6. The van der Waals surface area contributed by atoms with Crippen molar-refractivity contribution >= 4 is 0 Å². The van der Waals surface area contributed by atoms with Crippen molar-refractivity contribution in [2.45, 2.75) is 59.8 Å². The number of nitrogens with one attached hydrogen (secondary N) is 1. The molecular weight excluding hydrogens is 220 g/mol. The van der Waals surface area contributed by atoms with E-state index in [9.17, 15) is 0 Å². The predicted molar refractivity (Wildman–Crippen MR) is 83.1 cm³/mol. The van der Waals surface area contributed by atoms with E-state index in [4.69, 9.17) is 0 Å². The van der Waals surface area contributed by atoms with E-state index in [1.807, 2.05) is 0 Å². The molecule has 1 atom stereocenters. The third-order valence-corrected chi connectivity index (χ3v) is 4.04. The summed E-state index contributed by atoms with van der Waals surface area (Å²) in [6.45, 7) is 14.1. The van der Waals surface area contributed by atoms with Gasteiger partial charge in [0.15, 0.2) is 0 Å². The van der Waals surface area contributed by atoms with E-state index in [2.05, 4.69) is 45.0 Å². The van der Waals surface area contributed by atoms with Gasteiger partial charge in [-0.1, -0.05) is 34.1 Å². The number of hydrogen-bond acceptors (Lipinski definition) is 2. The van der Waals surface area contributed by atoms with Gasteiger partial charge in [0.2, 0.25) is 0 Å². The summed E-state index contributed by atoms with van der Waals surface area (Å²) >= 11 is 0. The van der Waals surface area contributed by atoms with Crippen LogP contribution in [0, 0.1) is 11.8 Å². The molecule has 1 heterocycles. The summed E-state index contributed by atoms with van der Waals surface area (Å²) in [6.07, 6.45) is 6.70. The van der Waals surface area contributed by atoms with Crippen LogP contribution >= 0.6 is 0 Å². The number of nitrogens with zero attached hydrogens (tertiary/aromatic N) is 1. The summed E-state index contributed by atoms with van der Waals surface area (Å²) in [5.74, 6) is 1.95. The maximum absolute atomic E-state index is 3.39. The minimum atomic E-state index is 0.946. The monoisotopic (exact) mass is 256 g/mol. The van der Waals surface area contributed by atoms with Gasteiger partial charge in [0, 0.05) is 0 Å². The molecule has 1 aliphatic rings. The van der Waals surface area contributed by atoms with Gasteiger partial charge in [-0.3, -0.25) is 0 Å². The number of hydrogen-bond donors (Lipinski definition) is 1. The molecule has 1 aliphatic heterocycles. The van der Waals surface area contributed by atoms with E-state index < -0.39 is 0 Å². The quantitative estimate of drug-likeness (QED) is 0.778. The second kappa shape index (κ2) is 12.0.